The quantitative estimate of drug-likeness (QED) is 0.854. The van der Waals surface area contributed by atoms with Crippen molar-refractivity contribution in [3.05, 3.63) is 59.0 Å². The maximum atomic E-state index is 10.2. The zero-order valence-corrected chi connectivity index (χ0v) is 9.60. The van der Waals surface area contributed by atoms with Gasteiger partial charge in [0.1, 0.15) is 11.9 Å². The molecule has 84 valence electrons. The van der Waals surface area contributed by atoms with Crippen molar-refractivity contribution in [3.8, 4) is 0 Å². The normalized spacial score (nSPS) is 12.7. The van der Waals surface area contributed by atoms with E-state index >= 15 is 0 Å². The van der Waals surface area contributed by atoms with Gasteiger partial charge in [-0.05, 0) is 30.5 Å². The van der Waals surface area contributed by atoms with Crippen LogP contribution in [0.3, 0.4) is 0 Å². The van der Waals surface area contributed by atoms with Crippen molar-refractivity contribution in [2.45, 2.75) is 26.4 Å². The van der Waals surface area contributed by atoms with Crippen molar-refractivity contribution in [1.29, 1.82) is 0 Å². The van der Waals surface area contributed by atoms with Crippen LogP contribution in [0.15, 0.2) is 41.0 Å². The third kappa shape index (κ3) is 2.17. The summed E-state index contributed by atoms with van der Waals surface area (Å²) in [6.45, 7) is 3.98. The average Bonchev–Trinajstić information content (AvgIpc) is 2.75. The molecule has 1 aromatic carbocycles. The average molecular weight is 216 g/mol. The molecule has 1 aromatic heterocycles. The Labute approximate surface area is 95.5 Å². The van der Waals surface area contributed by atoms with Crippen LogP contribution >= 0.6 is 0 Å². The minimum atomic E-state index is -0.594. The van der Waals surface area contributed by atoms with Crippen molar-refractivity contribution in [2.75, 3.05) is 0 Å². The predicted molar refractivity (Wildman–Crippen MR) is 63.3 cm³/mol. The molecule has 0 radical (unpaired) electrons. The van der Waals surface area contributed by atoms with E-state index in [0.717, 1.165) is 23.3 Å². The fraction of sp³-hybridized carbons (Fsp3) is 0.286. The molecule has 1 unspecified atom stereocenters. The Morgan fingerprint density at radius 2 is 2.06 bits per heavy atom. The molecule has 1 heterocycles. The van der Waals surface area contributed by atoms with E-state index in [0.29, 0.717) is 0 Å². The Hall–Kier alpha value is -1.54. The van der Waals surface area contributed by atoms with Crippen molar-refractivity contribution in [3.63, 3.8) is 0 Å². The monoisotopic (exact) mass is 216 g/mol. The van der Waals surface area contributed by atoms with E-state index in [1.807, 2.05) is 31.2 Å². The molecule has 2 nitrogen and oxygen atoms in total. The van der Waals surface area contributed by atoms with E-state index in [2.05, 4.69) is 13.0 Å². The van der Waals surface area contributed by atoms with Crippen molar-refractivity contribution in [2.24, 2.45) is 0 Å². The number of aryl methyl sites for hydroxylation is 2. The summed E-state index contributed by atoms with van der Waals surface area (Å²) < 4.78 is 5.20. The van der Waals surface area contributed by atoms with Gasteiger partial charge in [0.15, 0.2) is 0 Å². The second-order valence-electron chi connectivity index (χ2n) is 3.99. The topological polar surface area (TPSA) is 33.4 Å². The fourth-order valence-electron chi connectivity index (χ4n) is 1.78. The molecule has 0 spiro atoms. The Morgan fingerprint density at radius 1 is 1.25 bits per heavy atom. The molecule has 2 heteroatoms. The van der Waals surface area contributed by atoms with Gasteiger partial charge >= 0.3 is 0 Å². The highest BCUT2D eigenvalue weighted by Crippen LogP contribution is 2.24. The molecular weight excluding hydrogens is 200 g/mol. The lowest BCUT2D eigenvalue weighted by Crippen LogP contribution is -1.98. The molecule has 0 aliphatic rings. The molecule has 1 atom stereocenters. The highest BCUT2D eigenvalue weighted by molar-refractivity contribution is 5.31. The summed E-state index contributed by atoms with van der Waals surface area (Å²) in [4.78, 5) is 0. The Kier molecular flexibility index (Phi) is 3.11. The van der Waals surface area contributed by atoms with Gasteiger partial charge < -0.3 is 9.52 Å². The summed E-state index contributed by atoms with van der Waals surface area (Å²) in [7, 11) is 0. The van der Waals surface area contributed by atoms with Crippen LogP contribution in [0, 0.1) is 6.92 Å². The Morgan fingerprint density at radius 3 is 2.69 bits per heavy atom. The van der Waals surface area contributed by atoms with E-state index < -0.39 is 6.10 Å². The van der Waals surface area contributed by atoms with Crippen LogP contribution in [0.1, 0.15) is 35.5 Å². The summed E-state index contributed by atoms with van der Waals surface area (Å²) >= 11 is 0. The van der Waals surface area contributed by atoms with Crippen LogP contribution in [0.5, 0.6) is 0 Å². The number of aliphatic hydroxyl groups excluding tert-OH is 1. The summed E-state index contributed by atoms with van der Waals surface area (Å²) in [6, 6.07) is 9.88. The van der Waals surface area contributed by atoms with E-state index in [4.69, 9.17) is 4.42 Å². The van der Waals surface area contributed by atoms with E-state index in [-0.39, 0.29) is 0 Å². The maximum absolute atomic E-state index is 10.2. The first-order valence-corrected chi connectivity index (χ1v) is 5.52. The lowest BCUT2D eigenvalue weighted by atomic mass is 10.0. The van der Waals surface area contributed by atoms with Gasteiger partial charge in [0.25, 0.3) is 0 Å². The zero-order valence-electron chi connectivity index (χ0n) is 9.60. The molecule has 1 N–H and O–H groups in total. The van der Waals surface area contributed by atoms with E-state index in [1.165, 1.54) is 5.56 Å². The first-order chi connectivity index (χ1) is 7.70. The molecule has 0 amide bonds. The Bertz CT molecular complexity index is 471. The van der Waals surface area contributed by atoms with Crippen LogP contribution in [0.25, 0.3) is 0 Å². The summed E-state index contributed by atoms with van der Waals surface area (Å²) in [5.41, 5.74) is 2.96. The van der Waals surface area contributed by atoms with Gasteiger partial charge in [-0.1, -0.05) is 31.2 Å². The number of benzene rings is 1. The Balaban J connectivity index is 2.29. The van der Waals surface area contributed by atoms with Gasteiger partial charge in [0.05, 0.1) is 6.26 Å². The molecule has 0 bridgehead atoms. The van der Waals surface area contributed by atoms with Gasteiger partial charge in [-0.3, -0.25) is 0 Å². The lowest BCUT2D eigenvalue weighted by molar-refractivity contribution is 0.219. The number of aliphatic hydroxyl groups is 1. The molecule has 2 aromatic rings. The largest absolute Gasteiger partial charge is 0.469 e. The summed E-state index contributed by atoms with van der Waals surface area (Å²) in [5.74, 6) is 0.820. The smallest absolute Gasteiger partial charge is 0.107 e. The van der Waals surface area contributed by atoms with E-state index in [9.17, 15) is 5.11 Å². The summed E-state index contributed by atoms with van der Waals surface area (Å²) in [5, 5.41) is 10.2. The van der Waals surface area contributed by atoms with Gasteiger partial charge in [-0.15, -0.1) is 0 Å². The molecule has 0 saturated carbocycles. The molecule has 0 saturated heterocycles. The first kappa shape index (κ1) is 11.0. The van der Waals surface area contributed by atoms with E-state index in [1.54, 1.807) is 6.26 Å². The number of furan rings is 1. The minimum absolute atomic E-state index is 0.594. The van der Waals surface area contributed by atoms with Crippen LogP contribution in [-0.4, -0.2) is 5.11 Å². The lowest BCUT2D eigenvalue weighted by Gasteiger charge is -2.09. The van der Waals surface area contributed by atoms with Crippen molar-refractivity contribution >= 4 is 0 Å². The predicted octanol–water partition coefficient (Wildman–Crippen LogP) is 3.23. The second kappa shape index (κ2) is 4.54. The highest BCUT2D eigenvalue weighted by Gasteiger charge is 2.12. The van der Waals surface area contributed by atoms with Gasteiger partial charge in [0.2, 0.25) is 0 Å². The molecule has 2 rings (SSSR count). The fourth-order valence-corrected chi connectivity index (χ4v) is 1.78. The SMILES string of the molecule is CCc1cccc(C(O)c2coc(C)c2)c1. The molecule has 0 fully saturated rings. The molecular formula is C14H16O2. The van der Waals surface area contributed by atoms with Gasteiger partial charge in [-0.2, -0.15) is 0 Å². The van der Waals surface area contributed by atoms with Gasteiger partial charge in [-0.25, -0.2) is 0 Å². The second-order valence-corrected chi connectivity index (χ2v) is 3.99. The number of rotatable bonds is 3. The standard InChI is InChI=1S/C14H16O2/c1-3-11-5-4-6-12(8-11)14(15)13-7-10(2)16-9-13/h4-9,14-15H,3H2,1-2H3. The summed E-state index contributed by atoms with van der Waals surface area (Å²) in [6.07, 6.45) is 1.99. The highest BCUT2D eigenvalue weighted by atomic mass is 16.3. The van der Waals surface area contributed by atoms with Crippen LogP contribution in [0.4, 0.5) is 0 Å². The van der Waals surface area contributed by atoms with Gasteiger partial charge in [0, 0.05) is 5.56 Å². The molecule has 0 aliphatic heterocycles. The number of hydrogen-bond acceptors (Lipinski definition) is 2. The minimum Gasteiger partial charge on any atom is -0.469 e. The number of hydrogen-bond donors (Lipinski definition) is 1. The first-order valence-electron chi connectivity index (χ1n) is 5.52. The van der Waals surface area contributed by atoms with Crippen molar-refractivity contribution in [1.82, 2.24) is 0 Å². The van der Waals surface area contributed by atoms with Crippen LogP contribution < -0.4 is 0 Å². The molecule has 16 heavy (non-hydrogen) atoms. The maximum Gasteiger partial charge on any atom is 0.107 e. The third-order valence-corrected chi connectivity index (χ3v) is 2.74. The third-order valence-electron chi connectivity index (χ3n) is 2.74. The molecule has 0 aliphatic carbocycles. The zero-order chi connectivity index (χ0) is 11.5. The van der Waals surface area contributed by atoms with Crippen LogP contribution in [-0.2, 0) is 6.42 Å². The van der Waals surface area contributed by atoms with Crippen LogP contribution in [0.2, 0.25) is 0 Å². The van der Waals surface area contributed by atoms with Crippen molar-refractivity contribution < 1.29 is 9.52 Å².